The minimum atomic E-state index is -0.587. The molecule has 2 aromatic rings. The monoisotopic (exact) mass is 479 g/mol. The van der Waals surface area contributed by atoms with Gasteiger partial charge < -0.3 is 19.5 Å². The van der Waals surface area contributed by atoms with Gasteiger partial charge in [0.2, 0.25) is 0 Å². The molecule has 1 N–H and O–H groups in total. The van der Waals surface area contributed by atoms with Gasteiger partial charge in [-0.2, -0.15) is 0 Å². The molecule has 2 heterocycles. The third-order valence-corrected chi connectivity index (χ3v) is 6.87. The Kier molecular flexibility index (Phi) is 7.07. The average molecular weight is 480 g/mol. The normalized spacial score (nSPS) is 17.1. The molecule has 4 rings (SSSR count). The highest BCUT2D eigenvalue weighted by atomic mass is 32.2. The molecule has 8 heteroatoms. The molecular formula is C26H25NO6S. The van der Waals surface area contributed by atoms with E-state index in [2.05, 4.69) is 5.32 Å². The molecule has 0 aromatic heterocycles. The molecular weight excluding hydrogens is 454 g/mol. The predicted octanol–water partition coefficient (Wildman–Crippen LogP) is 4.10. The Morgan fingerprint density at radius 3 is 2.56 bits per heavy atom. The minimum Gasteiger partial charge on any atom is -0.465 e. The maximum absolute atomic E-state index is 13.0. The van der Waals surface area contributed by atoms with Gasteiger partial charge in [-0.05, 0) is 43.2 Å². The van der Waals surface area contributed by atoms with Gasteiger partial charge in [0, 0.05) is 16.3 Å². The SMILES string of the molecule is CCOC(=O)C1=C(C)NC2=C(C(=O)OC2)C1c1ccccc1SCc1ccc(C(=O)OC)cc1. The van der Waals surface area contributed by atoms with Crippen molar-refractivity contribution in [2.24, 2.45) is 0 Å². The van der Waals surface area contributed by atoms with E-state index < -0.39 is 17.9 Å². The molecule has 0 saturated carbocycles. The molecule has 2 aromatic carbocycles. The second-order valence-corrected chi connectivity index (χ2v) is 8.82. The van der Waals surface area contributed by atoms with Gasteiger partial charge in [0.15, 0.2) is 0 Å². The first-order valence-corrected chi connectivity index (χ1v) is 11.9. The van der Waals surface area contributed by atoms with Crippen molar-refractivity contribution in [3.8, 4) is 0 Å². The molecule has 0 amide bonds. The molecule has 0 spiro atoms. The molecule has 1 atom stereocenters. The summed E-state index contributed by atoms with van der Waals surface area (Å²) >= 11 is 1.59. The molecule has 0 radical (unpaired) electrons. The van der Waals surface area contributed by atoms with Crippen molar-refractivity contribution in [3.63, 3.8) is 0 Å². The molecule has 34 heavy (non-hydrogen) atoms. The first kappa shape index (κ1) is 23.6. The van der Waals surface area contributed by atoms with Crippen molar-refractivity contribution in [1.82, 2.24) is 5.32 Å². The van der Waals surface area contributed by atoms with Crippen molar-refractivity contribution in [3.05, 3.63) is 87.8 Å². The zero-order valence-corrected chi connectivity index (χ0v) is 20.0. The Bertz CT molecular complexity index is 1200. The highest BCUT2D eigenvalue weighted by molar-refractivity contribution is 7.98. The van der Waals surface area contributed by atoms with E-state index in [-0.39, 0.29) is 19.2 Å². The molecule has 7 nitrogen and oxygen atoms in total. The van der Waals surface area contributed by atoms with Gasteiger partial charge in [0.1, 0.15) is 6.61 Å². The number of hydrogen-bond donors (Lipinski definition) is 1. The summed E-state index contributed by atoms with van der Waals surface area (Å²) < 4.78 is 15.4. The fourth-order valence-corrected chi connectivity index (χ4v) is 5.17. The summed E-state index contributed by atoms with van der Waals surface area (Å²) in [4.78, 5) is 38.3. The topological polar surface area (TPSA) is 90.9 Å². The third kappa shape index (κ3) is 4.59. The number of hydrogen-bond acceptors (Lipinski definition) is 8. The second kappa shape index (κ2) is 10.2. The van der Waals surface area contributed by atoms with Crippen LogP contribution >= 0.6 is 11.8 Å². The van der Waals surface area contributed by atoms with E-state index in [1.54, 1.807) is 30.8 Å². The van der Waals surface area contributed by atoms with Crippen molar-refractivity contribution < 1.29 is 28.6 Å². The van der Waals surface area contributed by atoms with Crippen LogP contribution in [0.4, 0.5) is 0 Å². The molecule has 0 saturated heterocycles. The predicted molar refractivity (Wildman–Crippen MR) is 127 cm³/mol. The van der Waals surface area contributed by atoms with Crippen molar-refractivity contribution in [2.45, 2.75) is 30.4 Å². The van der Waals surface area contributed by atoms with Gasteiger partial charge in [0.05, 0.1) is 42.0 Å². The highest BCUT2D eigenvalue weighted by Gasteiger charge is 2.42. The lowest BCUT2D eigenvalue weighted by Crippen LogP contribution is -2.30. The molecule has 2 aliphatic heterocycles. The minimum absolute atomic E-state index is 0.153. The maximum atomic E-state index is 13.0. The fourth-order valence-electron chi connectivity index (χ4n) is 4.12. The van der Waals surface area contributed by atoms with Gasteiger partial charge >= 0.3 is 17.9 Å². The number of esters is 3. The van der Waals surface area contributed by atoms with Crippen LogP contribution in [0.3, 0.4) is 0 Å². The molecule has 176 valence electrons. The first-order chi connectivity index (χ1) is 16.4. The standard InChI is InChI=1S/C26H25NO6S/c1-4-32-25(29)21-15(2)27-19-13-33-26(30)23(19)22(21)18-7-5-6-8-20(18)34-14-16-9-11-17(12-10-16)24(28)31-3/h5-12,22,27H,4,13-14H2,1-3H3. The van der Waals surface area contributed by atoms with E-state index in [0.717, 1.165) is 16.0 Å². The molecule has 2 aliphatic rings. The summed E-state index contributed by atoms with van der Waals surface area (Å²) in [6.45, 7) is 3.95. The van der Waals surface area contributed by atoms with Gasteiger partial charge in [-0.25, -0.2) is 14.4 Å². The number of methoxy groups -OCH3 is 1. The van der Waals surface area contributed by atoms with E-state index in [4.69, 9.17) is 14.2 Å². The molecule has 0 bridgehead atoms. The Morgan fingerprint density at radius 2 is 1.85 bits per heavy atom. The van der Waals surface area contributed by atoms with Gasteiger partial charge in [-0.15, -0.1) is 11.8 Å². The molecule has 0 aliphatic carbocycles. The summed E-state index contributed by atoms with van der Waals surface area (Å²) in [6.07, 6.45) is 0. The number of nitrogens with one attached hydrogen (secondary N) is 1. The van der Waals surface area contributed by atoms with E-state index in [1.165, 1.54) is 7.11 Å². The summed E-state index contributed by atoms with van der Waals surface area (Å²) in [6, 6.07) is 15.0. The van der Waals surface area contributed by atoms with Crippen LogP contribution in [0.15, 0.2) is 76.0 Å². The fraction of sp³-hybridized carbons (Fsp3) is 0.269. The molecule has 0 fully saturated rings. The zero-order chi connectivity index (χ0) is 24.2. The number of allylic oxidation sites excluding steroid dienone is 1. The number of benzene rings is 2. The lowest BCUT2D eigenvalue weighted by molar-refractivity contribution is -0.138. The smallest absolute Gasteiger partial charge is 0.337 e. The first-order valence-electron chi connectivity index (χ1n) is 10.9. The summed E-state index contributed by atoms with van der Waals surface area (Å²) in [5.41, 5.74) is 4.55. The zero-order valence-electron chi connectivity index (χ0n) is 19.2. The van der Waals surface area contributed by atoms with Crippen LogP contribution in [0.1, 0.15) is 41.3 Å². The van der Waals surface area contributed by atoms with E-state index in [1.807, 2.05) is 43.3 Å². The Balaban J connectivity index is 1.67. The van der Waals surface area contributed by atoms with Gasteiger partial charge in [-0.3, -0.25) is 0 Å². The third-order valence-electron chi connectivity index (χ3n) is 5.71. The van der Waals surface area contributed by atoms with Crippen LogP contribution < -0.4 is 5.32 Å². The van der Waals surface area contributed by atoms with Crippen LogP contribution in [-0.2, 0) is 29.6 Å². The highest BCUT2D eigenvalue weighted by Crippen LogP contribution is 2.44. The van der Waals surface area contributed by atoms with Crippen molar-refractivity contribution >= 4 is 29.7 Å². The van der Waals surface area contributed by atoms with Crippen molar-refractivity contribution in [2.75, 3.05) is 20.3 Å². The van der Waals surface area contributed by atoms with E-state index in [9.17, 15) is 14.4 Å². The summed E-state index contributed by atoms with van der Waals surface area (Å²) in [5.74, 6) is -1.22. The van der Waals surface area contributed by atoms with E-state index >= 15 is 0 Å². The number of carbonyl (C=O) groups excluding carboxylic acids is 3. The summed E-state index contributed by atoms with van der Waals surface area (Å²) in [5, 5.41) is 3.16. The number of ether oxygens (including phenoxy) is 3. The van der Waals surface area contributed by atoms with Crippen LogP contribution in [-0.4, -0.2) is 38.2 Å². The lowest BCUT2D eigenvalue weighted by Gasteiger charge is -2.28. The maximum Gasteiger partial charge on any atom is 0.337 e. The quantitative estimate of drug-likeness (QED) is 0.361. The number of thioether (sulfide) groups is 1. The molecule has 1 unspecified atom stereocenters. The average Bonchev–Trinajstić information content (AvgIpc) is 3.22. The second-order valence-electron chi connectivity index (χ2n) is 7.80. The summed E-state index contributed by atoms with van der Waals surface area (Å²) in [7, 11) is 1.35. The van der Waals surface area contributed by atoms with Crippen LogP contribution in [0.5, 0.6) is 0 Å². The van der Waals surface area contributed by atoms with Gasteiger partial charge in [-0.1, -0.05) is 30.3 Å². The lowest BCUT2D eigenvalue weighted by atomic mass is 9.81. The van der Waals surface area contributed by atoms with Crippen LogP contribution in [0, 0.1) is 0 Å². The largest absolute Gasteiger partial charge is 0.465 e. The Labute approximate surface area is 202 Å². The Morgan fingerprint density at radius 1 is 1.12 bits per heavy atom. The number of cyclic esters (lactones) is 1. The van der Waals surface area contributed by atoms with Gasteiger partial charge in [0.25, 0.3) is 0 Å². The van der Waals surface area contributed by atoms with Crippen molar-refractivity contribution in [1.29, 1.82) is 0 Å². The number of rotatable bonds is 7. The van der Waals surface area contributed by atoms with Crippen LogP contribution in [0.25, 0.3) is 0 Å². The number of dihydropyridines is 1. The Hall–Kier alpha value is -3.52. The van der Waals surface area contributed by atoms with Crippen LogP contribution in [0.2, 0.25) is 0 Å². The van der Waals surface area contributed by atoms with E-state index in [0.29, 0.717) is 33.9 Å². The number of carbonyl (C=O) groups is 3.